The molecule has 1 fully saturated rings. The van der Waals surface area contributed by atoms with Crippen LogP contribution < -0.4 is 5.32 Å². The largest absolute Gasteiger partial charge is 0.345 e. The van der Waals surface area contributed by atoms with Gasteiger partial charge in [0.05, 0.1) is 39.9 Å². The van der Waals surface area contributed by atoms with Crippen molar-refractivity contribution in [2.45, 2.75) is 32.2 Å². The normalized spacial score (nSPS) is 13.8. The molecule has 2 aromatic carbocycles. The summed E-state index contributed by atoms with van der Waals surface area (Å²) in [7, 11) is 0. The standard InChI is InChI=1S/C22H20N4OS/c1-14-6-2-4-8-18(14)26-21(15-10-11-15)16(12-24-26)22(27)23-13-20-25-17-7-3-5-9-19(17)28-20/h2-9,12,15H,10-11,13H2,1H3,(H,23,27). The number of amides is 1. The molecule has 2 heterocycles. The van der Waals surface area contributed by atoms with Crippen molar-refractivity contribution in [1.82, 2.24) is 20.1 Å². The lowest BCUT2D eigenvalue weighted by molar-refractivity contribution is 0.0950. The van der Waals surface area contributed by atoms with Gasteiger partial charge in [-0.25, -0.2) is 9.67 Å². The molecule has 140 valence electrons. The van der Waals surface area contributed by atoms with Gasteiger partial charge in [0.2, 0.25) is 0 Å². The minimum Gasteiger partial charge on any atom is -0.345 e. The van der Waals surface area contributed by atoms with E-state index in [-0.39, 0.29) is 5.91 Å². The Morgan fingerprint density at radius 2 is 1.96 bits per heavy atom. The number of hydrogen-bond acceptors (Lipinski definition) is 4. The number of aryl methyl sites for hydroxylation is 1. The highest BCUT2D eigenvalue weighted by Crippen LogP contribution is 2.42. The molecule has 2 aromatic heterocycles. The maximum Gasteiger partial charge on any atom is 0.255 e. The van der Waals surface area contributed by atoms with Crippen molar-refractivity contribution in [2.24, 2.45) is 0 Å². The van der Waals surface area contributed by atoms with Crippen molar-refractivity contribution in [2.75, 3.05) is 0 Å². The first-order valence-electron chi connectivity index (χ1n) is 9.47. The van der Waals surface area contributed by atoms with Crippen LogP contribution in [0.1, 0.15) is 45.4 Å². The zero-order valence-electron chi connectivity index (χ0n) is 15.6. The number of rotatable bonds is 5. The Morgan fingerprint density at radius 1 is 1.18 bits per heavy atom. The fourth-order valence-corrected chi connectivity index (χ4v) is 4.43. The van der Waals surface area contributed by atoms with Crippen LogP contribution in [0.2, 0.25) is 0 Å². The van der Waals surface area contributed by atoms with Crippen LogP contribution >= 0.6 is 11.3 Å². The summed E-state index contributed by atoms with van der Waals surface area (Å²) in [5.41, 5.74) is 4.86. The average molecular weight is 388 g/mol. The van der Waals surface area contributed by atoms with Gasteiger partial charge in [0.25, 0.3) is 5.91 Å². The van der Waals surface area contributed by atoms with Crippen molar-refractivity contribution in [1.29, 1.82) is 0 Å². The first-order chi connectivity index (χ1) is 13.7. The first kappa shape index (κ1) is 17.1. The van der Waals surface area contributed by atoms with E-state index in [2.05, 4.69) is 40.5 Å². The lowest BCUT2D eigenvalue weighted by atomic mass is 10.1. The van der Waals surface area contributed by atoms with E-state index in [9.17, 15) is 4.79 Å². The molecule has 1 aliphatic carbocycles. The molecule has 5 nitrogen and oxygen atoms in total. The Labute approximate surface area is 167 Å². The van der Waals surface area contributed by atoms with Crippen LogP contribution in [0.5, 0.6) is 0 Å². The van der Waals surface area contributed by atoms with Gasteiger partial charge in [0.15, 0.2) is 0 Å². The molecule has 1 saturated carbocycles. The molecule has 0 aliphatic heterocycles. The predicted molar refractivity (Wildman–Crippen MR) is 111 cm³/mol. The van der Waals surface area contributed by atoms with E-state index in [0.29, 0.717) is 18.0 Å². The molecule has 0 spiro atoms. The summed E-state index contributed by atoms with van der Waals surface area (Å²) in [6, 6.07) is 16.2. The summed E-state index contributed by atoms with van der Waals surface area (Å²) < 4.78 is 3.08. The molecular formula is C22H20N4OS. The maximum atomic E-state index is 12.9. The van der Waals surface area contributed by atoms with Crippen molar-refractivity contribution in [3.63, 3.8) is 0 Å². The van der Waals surface area contributed by atoms with Crippen LogP contribution in [-0.4, -0.2) is 20.7 Å². The Morgan fingerprint density at radius 3 is 2.75 bits per heavy atom. The minimum absolute atomic E-state index is 0.0824. The zero-order chi connectivity index (χ0) is 19.1. The average Bonchev–Trinajstić information content (AvgIpc) is 3.31. The monoisotopic (exact) mass is 388 g/mol. The van der Waals surface area contributed by atoms with Crippen LogP contribution in [0.15, 0.2) is 54.7 Å². The first-order valence-corrected chi connectivity index (χ1v) is 10.3. The van der Waals surface area contributed by atoms with E-state index >= 15 is 0 Å². The lowest BCUT2D eigenvalue weighted by Gasteiger charge is -2.11. The molecule has 0 bridgehead atoms. The highest BCUT2D eigenvalue weighted by Gasteiger charge is 2.33. The molecule has 1 N–H and O–H groups in total. The molecular weight excluding hydrogens is 368 g/mol. The van der Waals surface area contributed by atoms with Gasteiger partial charge in [-0.2, -0.15) is 5.10 Å². The van der Waals surface area contributed by atoms with Gasteiger partial charge in [-0.15, -0.1) is 11.3 Å². The highest BCUT2D eigenvalue weighted by atomic mass is 32.1. The molecule has 0 atom stereocenters. The van der Waals surface area contributed by atoms with E-state index in [1.54, 1.807) is 17.5 Å². The molecule has 6 heteroatoms. The molecule has 1 aliphatic rings. The van der Waals surface area contributed by atoms with Crippen LogP contribution in [0.4, 0.5) is 0 Å². The van der Waals surface area contributed by atoms with Gasteiger partial charge in [-0.1, -0.05) is 30.3 Å². The zero-order valence-corrected chi connectivity index (χ0v) is 16.4. The topological polar surface area (TPSA) is 59.8 Å². The third-order valence-corrected chi connectivity index (χ3v) is 6.13. The van der Waals surface area contributed by atoms with Crippen LogP contribution in [0, 0.1) is 6.92 Å². The second-order valence-electron chi connectivity index (χ2n) is 7.17. The van der Waals surface area contributed by atoms with E-state index in [1.807, 2.05) is 35.0 Å². The van der Waals surface area contributed by atoms with Gasteiger partial charge >= 0.3 is 0 Å². The Hall–Kier alpha value is -2.99. The molecule has 5 rings (SSSR count). The smallest absolute Gasteiger partial charge is 0.255 e. The molecule has 1 amide bonds. The molecule has 28 heavy (non-hydrogen) atoms. The molecule has 0 radical (unpaired) electrons. The number of nitrogens with zero attached hydrogens (tertiary/aromatic N) is 3. The number of thiazole rings is 1. The number of benzene rings is 2. The summed E-state index contributed by atoms with van der Waals surface area (Å²) in [5, 5.41) is 8.51. The van der Waals surface area contributed by atoms with Crippen molar-refractivity contribution in [3.8, 4) is 5.69 Å². The second-order valence-corrected chi connectivity index (χ2v) is 8.29. The number of para-hydroxylation sites is 2. The van der Waals surface area contributed by atoms with Gasteiger partial charge in [0, 0.05) is 5.92 Å². The Kier molecular flexibility index (Phi) is 4.20. The van der Waals surface area contributed by atoms with E-state index in [4.69, 9.17) is 0 Å². The molecule has 0 saturated heterocycles. The van der Waals surface area contributed by atoms with Gasteiger partial charge in [-0.3, -0.25) is 4.79 Å². The lowest BCUT2D eigenvalue weighted by Crippen LogP contribution is -2.23. The summed E-state index contributed by atoms with van der Waals surface area (Å²) >= 11 is 1.61. The fourth-order valence-electron chi connectivity index (χ4n) is 3.52. The van der Waals surface area contributed by atoms with E-state index in [0.717, 1.165) is 45.0 Å². The molecule has 0 unspecified atom stereocenters. The predicted octanol–water partition coefficient (Wildman–Crippen LogP) is 4.60. The third kappa shape index (κ3) is 3.10. The SMILES string of the molecule is Cc1ccccc1-n1ncc(C(=O)NCc2nc3ccccc3s2)c1C1CC1. The fraction of sp³-hybridized carbons (Fsp3) is 0.227. The molecule has 4 aromatic rings. The van der Waals surface area contributed by atoms with Crippen LogP contribution in [0.25, 0.3) is 15.9 Å². The number of hydrogen-bond donors (Lipinski definition) is 1. The van der Waals surface area contributed by atoms with Gasteiger partial charge < -0.3 is 5.32 Å². The van der Waals surface area contributed by atoms with Crippen LogP contribution in [-0.2, 0) is 6.54 Å². The van der Waals surface area contributed by atoms with Crippen molar-refractivity contribution < 1.29 is 4.79 Å². The maximum absolute atomic E-state index is 12.9. The van der Waals surface area contributed by atoms with Crippen LogP contribution in [0.3, 0.4) is 0 Å². The Balaban J connectivity index is 1.41. The third-order valence-electron chi connectivity index (χ3n) is 5.10. The van der Waals surface area contributed by atoms with Crippen molar-refractivity contribution in [3.05, 3.63) is 76.6 Å². The summed E-state index contributed by atoms with van der Waals surface area (Å²) in [5.74, 6) is 0.325. The summed E-state index contributed by atoms with van der Waals surface area (Å²) in [6.45, 7) is 2.50. The number of nitrogens with one attached hydrogen (secondary N) is 1. The van der Waals surface area contributed by atoms with Gasteiger partial charge in [-0.05, 0) is 43.5 Å². The number of fused-ring (bicyclic) bond motifs is 1. The van der Waals surface area contributed by atoms with Gasteiger partial charge in [0.1, 0.15) is 5.01 Å². The van der Waals surface area contributed by atoms with E-state index in [1.165, 1.54) is 0 Å². The quantitative estimate of drug-likeness (QED) is 0.544. The minimum atomic E-state index is -0.0824. The second kappa shape index (κ2) is 6.87. The number of carbonyl (C=O) groups is 1. The van der Waals surface area contributed by atoms with Crippen molar-refractivity contribution >= 4 is 27.5 Å². The number of aromatic nitrogens is 3. The summed E-state index contributed by atoms with van der Waals surface area (Å²) in [6.07, 6.45) is 3.92. The summed E-state index contributed by atoms with van der Waals surface area (Å²) in [4.78, 5) is 17.5. The van der Waals surface area contributed by atoms with E-state index < -0.39 is 0 Å². The Bertz CT molecular complexity index is 1140. The highest BCUT2D eigenvalue weighted by molar-refractivity contribution is 7.18. The number of carbonyl (C=O) groups excluding carboxylic acids is 1.